The molecule has 0 unspecified atom stereocenters. The molecule has 3 rings (SSSR count). The lowest BCUT2D eigenvalue weighted by Crippen LogP contribution is -2.38. The molecular formula is C13H17N5OS. The average Bonchev–Trinajstić information content (AvgIpc) is 3.07. The molecule has 1 aliphatic heterocycles. The molecule has 0 spiro atoms. The molecule has 1 aliphatic rings. The Morgan fingerprint density at radius 2 is 2.20 bits per heavy atom. The lowest BCUT2D eigenvalue weighted by Gasteiger charge is -2.31. The van der Waals surface area contributed by atoms with Crippen LogP contribution in [0.2, 0.25) is 0 Å². The Hall–Kier alpha value is -1.89. The molecule has 2 aromatic heterocycles. The minimum Gasteiger partial charge on any atom is -0.382 e. The first-order chi connectivity index (χ1) is 9.63. The number of hydrogen-bond donors (Lipinski definition) is 1. The standard InChI is InChI=1S/C13H17N5OS/c1-9-15-8-11(20-9)13(19)17-5-2-10(3-6-17)18-7-4-12(14)16-18/h4,7-8,10H,2-3,5-6H2,1H3,(H2,14,16). The number of nitrogens with zero attached hydrogens (tertiary/aromatic N) is 4. The molecular weight excluding hydrogens is 274 g/mol. The monoisotopic (exact) mass is 291 g/mol. The van der Waals surface area contributed by atoms with Crippen molar-refractivity contribution in [2.45, 2.75) is 25.8 Å². The van der Waals surface area contributed by atoms with Crippen LogP contribution in [0.15, 0.2) is 18.5 Å². The Balaban J connectivity index is 1.62. The van der Waals surface area contributed by atoms with Gasteiger partial charge in [-0.1, -0.05) is 0 Å². The van der Waals surface area contributed by atoms with Gasteiger partial charge in [0.15, 0.2) is 0 Å². The van der Waals surface area contributed by atoms with E-state index in [4.69, 9.17) is 5.73 Å². The molecule has 0 atom stereocenters. The third-order valence-corrected chi connectivity index (χ3v) is 4.49. The summed E-state index contributed by atoms with van der Waals surface area (Å²) in [6, 6.07) is 2.14. The van der Waals surface area contributed by atoms with Crippen molar-refractivity contribution in [3.05, 3.63) is 28.3 Å². The van der Waals surface area contributed by atoms with Crippen LogP contribution in [0.25, 0.3) is 0 Å². The van der Waals surface area contributed by atoms with Crippen molar-refractivity contribution in [3.8, 4) is 0 Å². The second-order valence-corrected chi connectivity index (χ2v) is 6.22. The number of thiazole rings is 1. The van der Waals surface area contributed by atoms with Crippen molar-refractivity contribution in [1.82, 2.24) is 19.7 Å². The van der Waals surface area contributed by atoms with Crippen LogP contribution in [0.5, 0.6) is 0 Å². The van der Waals surface area contributed by atoms with Crippen molar-refractivity contribution in [1.29, 1.82) is 0 Å². The number of piperidine rings is 1. The minimum atomic E-state index is 0.0917. The van der Waals surface area contributed by atoms with Crippen molar-refractivity contribution in [3.63, 3.8) is 0 Å². The number of carbonyl (C=O) groups excluding carboxylic acids is 1. The van der Waals surface area contributed by atoms with Crippen LogP contribution >= 0.6 is 11.3 Å². The number of rotatable bonds is 2. The predicted octanol–water partition coefficient (Wildman–Crippen LogP) is 1.71. The predicted molar refractivity (Wildman–Crippen MR) is 77.7 cm³/mol. The molecule has 2 N–H and O–H groups in total. The van der Waals surface area contributed by atoms with Crippen LogP contribution in [-0.4, -0.2) is 38.7 Å². The van der Waals surface area contributed by atoms with Gasteiger partial charge in [-0.2, -0.15) is 5.10 Å². The third kappa shape index (κ3) is 2.53. The highest BCUT2D eigenvalue weighted by Crippen LogP contribution is 2.24. The van der Waals surface area contributed by atoms with Crippen LogP contribution in [0.1, 0.15) is 33.6 Å². The Bertz CT molecular complexity index is 612. The van der Waals surface area contributed by atoms with Crippen molar-refractivity contribution >= 4 is 23.1 Å². The van der Waals surface area contributed by atoms with Gasteiger partial charge < -0.3 is 10.6 Å². The lowest BCUT2D eigenvalue weighted by atomic mass is 10.1. The molecule has 0 radical (unpaired) electrons. The van der Waals surface area contributed by atoms with Gasteiger partial charge in [-0.05, 0) is 25.8 Å². The molecule has 0 saturated carbocycles. The Kier molecular flexibility index (Phi) is 3.43. The van der Waals surface area contributed by atoms with E-state index in [2.05, 4.69) is 10.1 Å². The Labute approximate surface area is 121 Å². The fourth-order valence-electron chi connectivity index (χ4n) is 2.51. The third-order valence-electron chi connectivity index (χ3n) is 3.59. The first-order valence-corrected chi connectivity index (χ1v) is 7.47. The van der Waals surface area contributed by atoms with Gasteiger partial charge in [-0.15, -0.1) is 11.3 Å². The maximum atomic E-state index is 12.3. The van der Waals surface area contributed by atoms with E-state index >= 15 is 0 Å². The highest BCUT2D eigenvalue weighted by Gasteiger charge is 2.25. The molecule has 7 heteroatoms. The molecule has 0 bridgehead atoms. The Morgan fingerprint density at radius 1 is 1.45 bits per heavy atom. The average molecular weight is 291 g/mol. The second-order valence-electron chi connectivity index (χ2n) is 4.99. The molecule has 0 aromatic carbocycles. The van der Waals surface area contributed by atoms with Crippen molar-refractivity contribution < 1.29 is 4.79 Å². The van der Waals surface area contributed by atoms with Crippen molar-refractivity contribution in [2.75, 3.05) is 18.8 Å². The number of hydrogen-bond acceptors (Lipinski definition) is 5. The van der Waals surface area contributed by atoms with Gasteiger partial charge in [0.05, 0.1) is 17.2 Å². The Morgan fingerprint density at radius 3 is 2.75 bits per heavy atom. The van der Waals surface area contributed by atoms with E-state index in [1.807, 2.05) is 22.7 Å². The molecule has 2 aromatic rings. The number of amides is 1. The molecule has 106 valence electrons. The summed E-state index contributed by atoms with van der Waals surface area (Å²) in [5.41, 5.74) is 5.64. The van der Waals surface area contributed by atoms with Gasteiger partial charge in [0.25, 0.3) is 5.91 Å². The summed E-state index contributed by atoms with van der Waals surface area (Å²) < 4.78 is 1.91. The summed E-state index contributed by atoms with van der Waals surface area (Å²) in [6.45, 7) is 3.41. The summed E-state index contributed by atoms with van der Waals surface area (Å²) in [6.07, 6.45) is 5.39. The van der Waals surface area contributed by atoms with E-state index < -0.39 is 0 Å². The van der Waals surface area contributed by atoms with E-state index in [9.17, 15) is 4.79 Å². The van der Waals surface area contributed by atoms with Gasteiger partial charge in [0.1, 0.15) is 10.7 Å². The van der Waals surface area contributed by atoms with Gasteiger partial charge in [-0.25, -0.2) is 4.98 Å². The molecule has 1 saturated heterocycles. The van der Waals surface area contributed by atoms with Crippen LogP contribution in [0.4, 0.5) is 5.82 Å². The lowest BCUT2D eigenvalue weighted by molar-refractivity contribution is 0.0694. The van der Waals surface area contributed by atoms with Crippen LogP contribution in [0, 0.1) is 6.92 Å². The second kappa shape index (κ2) is 5.24. The number of nitrogen functional groups attached to an aromatic ring is 1. The molecule has 1 fully saturated rings. The summed E-state index contributed by atoms with van der Waals surface area (Å²) in [5, 5.41) is 5.17. The van der Waals surface area contributed by atoms with Crippen LogP contribution in [0.3, 0.4) is 0 Å². The zero-order chi connectivity index (χ0) is 14.1. The largest absolute Gasteiger partial charge is 0.382 e. The zero-order valence-corrected chi connectivity index (χ0v) is 12.1. The number of carbonyl (C=O) groups is 1. The van der Waals surface area contributed by atoms with Crippen LogP contribution < -0.4 is 5.73 Å². The first kappa shape index (κ1) is 13.1. The highest BCUT2D eigenvalue weighted by molar-refractivity contribution is 7.13. The van der Waals surface area contributed by atoms with Crippen LogP contribution in [-0.2, 0) is 0 Å². The van der Waals surface area contributed by atoms with Gasteiger partial charge in [0.2, 0.25) is 0 Å². The molecule has 0 aliphatic carbocycles. The smallest absolute Gasteiger partial charge is 0.265 e. The first-order valence-electron chi connectivity index (χ1n) is 6.66. The number of anilines is 1. The minimum absolute atomic E-state index is 0.0917. The number of aryl methyl sites for hydroxylation is 1. The zero-order valence-electron chi connectivity index (χ0n) is 11.3. The molecule has 3 heterocycles. The van der Waals surface area contributed by atoms with Gasteiger partial charge >= 0.3 is 0 Å². The fourth-order valence-corrected chi connectivity index (χ4v) is 3.25. The summed E-state index contributed by atoms with van der Waals surface area (Å²) >= 11 is 1.45. The topological polar surface area (TPSA) is 77.0 Å². The number of likely N-dealkylation sites (tertiary alicyclic amines) is 1. The van der Waals surface area contributed by atoms with Crippen molar-refractivity contribution in [2.24, 2.45) is 0 Å². The maximum absolute atomic E-state index is 12.3. The normalized spacial score (nSPS) is 16.6. The summed E-state index contributed by atoms with van der Waals surface area (Å²) in [5.74, 6) is 0.637. The van der Waals surface area contributed by atoms with E-state index in [-0.39, 0.29) is 5.91 Å². The fraction of sp³-hybridized carbons (Fsp3) is 0.462. The summed E-state index contributed by atoms with van der Waals surface area (Å²) in [7, 11) is 0. The summed E-state index contributed by atoms with van der Waals surface area (Å²) in [4.78, 5) is 19.1. The van der Waals surface area contributed by atoms with E-state index in [1.165, 1.54) is 11.3 Å². The molecule has 6 nitrogen and oxygen atoms in total. The SMILES string of the molecule is Cc1ncc(C(=O)N2CCC(n3ccc(N)n3)CC2)s1. The molecule has 20 heavy (non-hydrogen) atoms. The molecule has 1 amide bonds. The van der Waals surface area contributed by atoms with E-state index in [0.29, 0.717) is 11.9 Å². The van der Waals surface area contributed by atoms with E-state index in [1.54, 1.807) is 12.3 Å². The highest BCUT2D eigenvalue weighted by atomic mass is 32.1. The maximum Gasteiger partial charge on any atom is 0.265 e. The van der Waals surface area contributed by atoms with Gasteiger partial charge in [-0.3, -0.25) is 9.48 Å². The van der Waals surface area contributed by atoms with E-state index in [0.717, 1.165) is 35.8 Å². The quantitative estimate of drug-likeness (QED) is 0.913. The number of nitrogens with two attached hydrogens (primary N) is 1. The number of aromatic nitrogens is 3. The van der Waals surface area contributed by atoms with Gasteiger partial charge in [0, 0.05) is 19.3 Å².